The maximum atomic E-state index is 11.8. The zero-order valence-corrected chi connectivity index (χ0v) is 7.97. The van der Waals surface area contributed by atoms with Crippen LogP contribution in [0.15, 0.2) is 23.1 Å². The van der Waals surface area contributed by atoms with E-state index in [0.717, 1.165) is 18.2 Å². The van der Waals surface area contributed by atoms with Crippen LogP contribution in [0, 0.1) is 0 Å². The van der Waals surface area contributed by atoms with Crippen molar-refractivity contribution in [3.8, 4) is 5.75 Å². The van der Waals surface area contributed by atoms with Gasteiger partial charge in [0.2, 0.25) is 0 Å². The van der Waals surface area contributed by atoms with Gasteiger partial charge in [-0.05, 0) is 18.2 Å². The molecule has 0 radical (unpaired) electrons. The third-order valence-corrected chi connectivity index (χ3v) is 1.82. The van der Waals surface area contributed by atoms with Crippen molar-refractivity contribution in [3.05, 3.63) is 23.8 Å². The Bertz CT molecular complexity index is 389. The van der Waals surface area contributed by atoms with Gasteiger partial charge in [0, 0.05) is 4.90 Å². The summed E-state index contributed by atoms with van der Waals surface area (Å²) < 4.78 is 38.9. The van der Waals surface area contributed by atoms with Crippen LogP contribution in [-0.4, -0.2) is 17.4 Å². The largest absolute Gasteiger partial charge is 0.573 e. The summed E-state index contributed by atoms with van der Waals surface area (Å²) in [7, 11) is 0. The first-order valence-corrected chi connectivity index (χ1v) is 4.06. The number of aromatic carboxylic acids is 1. The van der Waals surface area contributed by atoms with Gasteiger partial charge in [-0.1, -0.05) is 0 Å². The molecule has 0 saturated heterocycles. The van der Waals surface area contributed by atoms with Crippen LogP contribution in [0.25, 0.3) is 0 Å². The minimum atomic E-state index is -4.84. The lowest BCUT2D eigenvalue weighted by Gasteiger charge is -2.09. The Hall–Kier alpha value is -1.37. The molecular formula is C8H5F3O3S. The number of ether oxygens (including phenoxy) is 1. The summed E-state index contributed by atoms with van der Waals surface area (Å²) in [5, 5.41) is 8.60. The molecule has 0 unspecified atom stereocenters. The van der Waals surface area contributed by atoms with E-state index in [2.05, 4.69) is 17.4 Å². The lowest BCUT2D eigenvalue weighted by Crippen LogP contribution is -2.17. The lowest BCUT2D eigenvalue weighted by atomic mass is 10.2. The molecule has 0 aromatic heterocycles. The predicted molar refractivity (Wildman–Crippen MR) is 47.3 cm³/mol. The Balaban J connectivity index is 3.03. The summed E-state index contributed by atoms with van der Waals surface area (Å²) >= 11 is 3.78. The molecule has 3 nitrogen and oxygen atoms in total. The second-order valence-electron chi connectivity index (χ2n) is 2.53. The number of hydrogen-bond donors (Lipinski definition) is 2. The summed E-state index contributed by atoms with van der Waals surface area (Å²) in [5.74, 6) is -1.95. The van der Waals surface area contributed by atoms with Crippen LogP contribution in [0.2, 0.25) is 0 Å². The van der Waals surface area contributed by atoms with Crippen molar-refractivity contribution in [1.82, 2.24) is 0 Å². The Morgan fingerprint density at radius 1 is 1.40 bits per heavy atom. The van der Waals surface area contributed by atoms with E-state index in [1.807, 2.05) is 0 Å². The number of carboxylic acids is 1. The highest BCUT2D eigenvalue weighted by molar-refractivity contribution is 7.80. The molecule has 7 heteroatoms. The van der Waals surface area contributed by atoms with Crippen molar-refractivity contribution in [2.45, 2.75) is 11.3 Å². The van der Waals surface area contributed by atoms with Gasteiger partial charge in [0.25, 0.3) is 0 Å². The van der Waals surface area contributed by atoms with E-state index in [1.54, 1.807) is 0 Å². The Labute approximate surface area is 87.9 Å². The van der Waals surface area contributed by atoms with Crippen molar-refractivity contribution >= 4 is 18.6 Å². The minimum absolute atomic E-state index is 0.0667. The number of alkyl halides is 3. The minimum Gasteiger partial charge on any atom is -0.478 e. The highest BCUT2D eigenvalue weighted by Crippen LogP contribution is 2.26. The number of rotatable bonds is 2. The number of thiol groups is 1. The lowest BCUT2D eigenvalue weighted by molar-refractivity contribution is -0.274. The summed E-state index contributed by atoms with van der Waals surface area (Å²) in [5.41, 5.74) is -0.347. The van der Waals surface area contributed by atoms with Crippen molar-refractivity contribution in [3.63, 3.8) is 0 Å². The average molecular weight is 238 g/mol. The molecular weight excluding hydrogens is 233 g/mol. The predicted octanol–water partition coefficient (Wildman–Crippen LogP) is 2.57. The van der Waals surface area contributed by atoms with Crippen LogP contribution >= 0.6 is 12.6 Å². The van der Waals surface area contributed by atoms with Crippen LogP contribution in [0.1, 0.15) is 10.4 Å². The van der Waals surface area contributed by atoms with Crippen LogP contribution in [0.5, 0.6) is 5.75 Å². The second-order valence-corrected chi connectivity index (χ2v) is 3.01. The van der Waals surface area contributed by atoms with Gasteiger partial charge in [-0.25, -0.2) is 4.79 Å². The maximum absolute atomic E-state index is 11.8. The molecule has 1 N–H and O–H groups in total. The van der Waals surface area contributed by atoms with E-state index < -0.39 is 18.1 Å². The van der Waals surface area contributed by atoms with E-state index >= 15 is 0 Å². The smallest absolute Gasteiger partial charge is 0.478 e. The van der Waals surface area contributed by atoms with Gasteiger partial charge in [0.1, 0.15) is 5.75 Å². The van der Waals surface area contributed by atoms with Gasteiger partial charge in [-0.15, -0.1) is 25.8 Å². The first-order chi connectivity index (χ1) is 6.79. The molecule has 0 spiro atoms. The van der Waals surface area contributed by atoms with E-state index in [1.165, 1.54) is 0 Å². The quantitative estimate of drug-likeness (QED) is 0.778. The number of carboxylic acid groups (broad SMARTS) is 1. The van der Waals surface area contributed by atoms with E-state index in [4.69, 9.17) is 5.11 Å². The van der Waals surface area contributed by atoms with Crippen LogP contribution in [0.4, 0.5) is 13.2 Å². The first kappa shape index (κ1) is 11.7. The summed E-state index contributed by atoms with van der Waals surface area (Å²) in [6.07, 6.45) is -4.84. The fraction of sp³-hybridized carbons (Fsp3) is 0.125. The fourth-order valence-electron chi connectivity index (χ4n) is 0.884. The van der Waals surface area contributed by atoms with Gasteiger partial charge >= 0.3 is 12.3 Å². The standard InChI is InChI=1S/C8H5F3O3S/c9-8(10,11)14-4-1-2-6(15)5(3-4)7(12)13/h1-3,15H,(H,12,13). The Morgan fingerprint density at radius 3 is 2.47 bits per heavy atom. The van der Waals surface area contributed by atoms with Crippen LogP contribution in [0.3, 0.4) is 0 Å². The molecule has 0 aliphatic carbocycles. The topological polar surface area (TPSA) is 46.5 Å². The normalized spacial score (nSPS) is 11.2. The van der Waals surface area contributed by atoms with Crippen molar-refractivity contribution in [2.24, 2.45) is 0 Å². The molecule has 0 saturated carbocycles. The first-order valence-electron chi connectivity index (χ1n) is 3.61. The van der Waals surface area contributed by atoms with Crippen molar-refractivity contribution < 1.29 is 27.8 Å². The fourth-order valence-corrected chi connectivity index (χ4v) is 1.12. The molecule has 1 rings (SSSR count). The van der Waals surface area contributed by atoms with Crippen molar-refractivity contribution in [2.75, 3.05) is 0 Å². The molecule has 15 heavy (non-hydrogen) atoms. The molecule has 1 aromatic rings. The molecule has 0 atom stereocenters. The average Bonchev–Trinajstić information content (AvgIpc) is 2.05. The van der Waals surface area contributed by atoms with Gasteiger partial charge in [0.15, 0.2) is 0 Å². The highest BCUT2D eigenvalue weighted by Gasteiger charge is 2.31. The third-order valence-electron chi connectivity index (χ3n) is 1.43. The zero-order chi connectivity index (χ0) is 11.6. The highest BCUT2D eigenvalue weighted by atomic mass is 32.1. The SMILES string of the molecule is O=C(O)c1cc(OC(F)(F)F)ccc1S. The van der Waals surface area contributed by atoms with Crippen molar-refractivity contribution in [1.29, 1.82) is 0 Å². The molecule has 1 aromatic carbocycles. The monoisotopic (exact) mass is 238 g/mol. The molecule has 0 fully saturated rings. The van der Waals surface area contributed by atoms with Gasteiger partial charge in [0.05, 0.1) is 5.56 Å². The molecule has 0 amide bonds. The van der Waals surface area contributed by atoms with Gasteiger partial charge in [-0.2, -0.15) is 0 Å². The van der Waals surface area contributed by atoms with Gasteiger partial charge in [-0.3, -0.25) is 0 Å². The number of hydrogen-bond acceptors (Lipinski definition) is 3. The molecule has 0 aliphatic heterocycles. The third kappa shape index (κ3) is 3.35. The van der Waals surface area contributed by atoms with E-state index in [9.17, 15) is 18.0 Å². The van der Waals surface area contributed by atoms with Crippen LogP contribution in [-0.2, 0) is 0 Å². The number of benzene rings is 1. The molecule has 82 valence electrons. The van der Waals surface area contributed by atoms with E-state index in [0.29, 0.717) is 0 Å². The molecule has 0 aliphatic rings. The molecule has 0 heterocycles. The summed E-state index contributed by atoms with van der Waals surface area (Å²) in [6.45, 7) is 0. The summed E-state index contributed by atoms with van der Waals surface area (Å²) in [4.78, 5) is 10.6. The zero-order valence-electron chi connectivity index (χ0n) is 7.08. The number of halogens is 3. The number of carbonyl (C=O) groups is 1. The molecule has 0 bridgehead atoms. The maximum Gasteiger partial charge on any atom is 0.573 e. The summed E-state index contributed by atoms with van der Waals surface area (Å²) in [6, 6.07) is 2.87. The van der Waals surface area contributed by atoms with Gasteiger partial charge < -0.3 is 9.84 Å². The van der Waals surface area contributed by atoms with E-state index in [-0.39, 0.29) is 10.5 Å². The van der Waals surface area contributed by atoms with Crippen LogP contribution < -0.4 is 4.74 Å². The second kappa shape index (κ2) is 4.01. The Morgan fingerprint density at radius 2 is 2.00 bits per heavy atom. The Kier molecular flexibility index (Phi) is 3.13.